The van der Waals surface area contributed by atoms with Crippen LogP contribution in [0.4, 0.5) is 5.95 Å². The van der Waals surface area contributed by atoms with E-state index in [-0.39, 0.29) is 6.10 Å². The van der Waals surface area contributed by atoms with E-state index in [9.17, 15) is 0 Å². The van der Waals surface area contributed by atoms with Crippen molar-refractivity contribution in [2.75, 3.05) is 25.0 Å². The maximum absolute atomic E-state index is 5.66. The molecule has 5 heteroatoms. The van der Waals surface area contributed by atoms with Crippen LogP contribution in [0.3, 0.4) is 0 Å². The number of nitrogens with zero attached hydrogens (tertiary/aromatic N) is 3. The molecule has 0 aliphatic carbocycles. The number of likely N-dealkylation sites (N-methyl/N-ethyl adjacent to an activating group) is 1. The zero-order valence-corrected chi connectivity index (χ0v) is 11.6. The van der Waals surface area contributed by atoms with E-state index in [4.69, 9.17) is 4.74 Å². The summed E-state index contributed by atoms with van der Waals surface area (Å²) >= 11 is 0. The Balaban J connectivity index is 2.18. The molecule has 5 nitrogen and oxygen atoms in total. The van der Waals surface area contributed by atoms with Crippen molar-refractivity contribution in [3.05, 3.63) is 11.8 Å². The average Bonchev–Trinajstić information content (AvgIpc) is 2.79. The maximum atomic E-state index is 5.66. The van der Waals surface area contributed by atoms with Gasteiger partial charge in [-0.3, -0.25) is 0 Å². The first-order valence-electron chi connectivity index (χ1n) is 6.52. The molecular weight excluding hydrogens is 228 g/mol. The molecule has 100 valence electrons. The number of ether oxygens (including phenoxy) is 1. The largest absolute Gasteiger partial charge is 0.475 e. The normalized spacial score (nSPS) is 19.3. The van der Waals surface area contributed by atoms with E-state index < -0.39 is 0 Å². The van der Waals surface area contributed by atoms with Gasteiger partial charge < -0.3 is 15.0 Å². The summed E-state index contributed by atoms with van der Waals surface area (Å²) in [5.41, 5.74) is 0.938. The molecule has 1 atom stereocenters. The van der Waals surface area contributed by atoms with Crippen molar-refractivity contribution >= 4 is 5.95 Å². The number of anilines is 1. The van der Waals surface area contributed by atoms with Gasteiger partial charge in [0, 0.05) is 31.4 Å². The molecule has 18 heavy (non-hydrogen) atoms. The van der Waals surface area contributed by atoms with Crippen molar-refractivity contribution in [2.24, 2.45) is 0 Å². The van der Waals surface area contributed by atoms with E-state index >= 15 is 0 Å². The van der Waals surface area contributed by atoms with Crippen LogP contribution in [0.25, 0.3) is 0 Å². The van der Waals surface area contributed by atoms with Gasteiger partial charge in [0.1, 0.15) is 0 Å². The van der Waals surface area contributed by atoms with Gasteiger partial charge >= 0.3 is 0 Å². The summed E-state index contributed by atoms with van der Waals surface area (Å²) in [7, 11) is 2.05. The Bertz CT molecular complexity index is 402. The first-order chi connectivity index (χ1) is 8.56. The van der Waals surface area contributed by atoms with E-state index in [0.29, 0.717) is 11.9 Å². The Kier molecular flexibility index (Phi) is 4.01. The fourth-order valence-electron chi connectivity index (χ4n) is 2.12. The molecule has 1 aliphatic heterocycles. The Morgan fingerprint density at radius 1 is 1.44 bits per heavy atom. The number of nitrogens with one attached hydrogen (secondary N) is 1. The molecule has 1 aliphatic rings. The number of hydrogen-bond donors (Lipinski definition) is 1. The summed E-state index contributed by atoms with van der Waals surface area (Å²) < 4.78 is 5.66. The lowest BCUT2D eigenvalue weighted by atomic mass is 10.2. The third-order valence-corrected chi connectivity index (χ3v) is 3.07. The minimum Gasteiger partial charge on any atom is -0.475 e. The van der Waals surface area contributed by atoms with Gasteiger partial charge in [-0.25, -0.2) is 4.98 Å². The van der Waals surface area contributed by atoms with Gasteiger partial charge in [-0.1, -0.05) is 0 Å². The van der Waals surface area contributed by atoms with Gasteiger partial charge in [-0.05, 0) is 33.7 Å². The van der Waals surface area contributed by atoms with Crippen molar-refractivity contribution in [3.8, 4) is 5.88 Å². The van der Waals surface area contributed by atoms with Crippen molar-refractivity contribution in [1.82, 2.24) is 15.3 Å². The quantitative estimate of drug-likeness (QED) is 0.874. The topological polar surface area (TPSA) is 50.3 Å². The summed E-state index contributed by atoms with van der Waals surface area (Å²) in [6, 6.07) is 2.35. The average molecular weight is 250 g/mol. The highest BCUT2D eigenvalue weighted by molar-refractivity contribution is 5.35. The highest BCUT2D eigenvalue weighted by Gasteiger charge is 2.21. The molecule has 1 N–H and O–H groups in total. The smallest absolute Gasteiger partial charge is 0.228 e. The van der Waals surface area contributed by atoms with Crippen LogP contribution in [0.1, 0.15) is 26.0 Å². The van der Waals surface area contributed by atoms with Gasteiger partial charge in [-0.2, -0.15) is 4.98 Å². The Labute approximate surface area is 109 Å². The summed E-state index contributed by atoms with van der Waals surface area (Å²) in [6.45, 7) is 8.03. The number of aromatic nitrogens is 2. The fourth-order valence-corrected chi connectivity index (χ4v) is 2.12. The van der Waals surface area contributed by atoms with Gasteiger partial charge in [0.05, 0.1) is 6.10 Å². The molecule has 1 fully saturated rings. The van der Waals surface area contributed by atoms with Crippen molar-refractivity contribution in [1.29, 1.82) is 0 Å². The van der Waals surface area contributed by atoms with Gasteiger partial charge in [0.2, 0.25) is 11.8 Å². The molecule has 1 aromatic rings. The zero-order valence-electron chi connectivity index (χ0n) is 11.6. The second-order valence-corrected chi connectivity index (χ2v) is 5.07. The lowest BCUT2D eigenvalue weighted by Gasteiger charge is -2.24. The maximum Gasteiger partial charge on any atom is 0.228 e. The van der Waals surface area contributed by atoms with Crippen LogP contribution in [-0.2, 0) is 0 Å². The van der Waals surface area contributed by atoms with Gasteiger partial charge in [-0.15, -0.1) is 0 Å². The summed E-state index contributed by atoms with van der Waals surface area (Å²) in [5, 5.41) is 3.36. The van der Waals surface area contributed by atoms with Crippen LogP contribution in [0, 0.1) is 6.92 Å². The van der Waals surface area contributed by atoms with E-state index in [2.05, 4.69) is 20.2 Å². The van der Waals surface area contributed by atoms with Crippen LogP contribution in [-0.4, -0.2) is 42.3 Å². The van der Waals surface area contributed by atoms with Crippen LogP contribution >= 0.6 is 0 Å². The van der Waals surface area contributed by atoms with Crippen LogP contribution < -0.4 is 15.0 Å². The summed E-state index contributed by atoms with van der Waals surface area (Å²) in [5.74, 6) is 1.41. The van der Waals surface area contributed by atoms with Crippen molar-refractivity contribution in [3.63, 3.8) is 0 Å². The third-order valence-electron chi connectivity index (χ3n) is 3.07. The predicted molar refractivity (Wildman–Crippen MR) is 72.2 cm³/mol. The monoisotopic (exact) mass is 250 g/mol. The van der Waals surface area contributed by atoms with Gasteiger partial charge in [0.25, 0.3) is 0 Å². The molecule has 1 unspecified atom stereocenters. The molecule has 2 rings (SSSR count). The minimum absolute atomic E-state index is 0.130. The second-order valence-electron chi connectivity index (χ2n) is 5.07. The molecule has 0 saturated carbocycles. The van der Waals surface area contributed by atoms with E-state index in [0.717, 1.165) is 31.2 Å². The standard InChI is InChI=1S/C13H22N4O/c1-9(2)18-12-7-10(3)15-13(16-12)17(4)11-5-6-14-8-11/h7,9,11,14H,5-6,8H2,1-4H3. The molecule has 0 radical (unpaired) electrons. The highest BCUT2D eigenvalue weighted by Crippen LogP contribution is 2.19. The Morgan fingerprint density at radius 3 is 2.83 bits per heavy atom. The van der Waals surface area contributed by atoms with Gasteiger partial charge in [0.15, 0.2) is 0 Å². The van der Waals surface area contributed by atoms with Crippen molar-refractivity contribution in [2.45, 2.75) is 39.3 Å². The molecule has 0 spiro atoms. The van der Waals surface area contributed by atoms with E-state index in [1.54, 1.807) is 0 Å². The predicted octanol–water partition coefficient (Wildman–Crippen LogP) is 1.37. The molecule has 2 heterocycles. The summed E-state index contributed by atoms with van der Waals surface area (Å²) in [4.78, 5) is 11.1. The van der Waals surface area contributed by atoms with Crippen LogP contribution in [0.15, 0.2) is 6.07 Å². The molecule has 1 aromatic heterocycles. The number of aryl methyl sites for hydroxylation is 1. The highest BCUT2D eigenvalue weighted by atomic mass is 16.5. The van der Waals surface area contributed by atoms with E-state index in [1.807, 2.05) is 33.9 Å². The zero-order chi connectivity index (χ0) is 13.1. The molecular formula is C13H22N4O. The molecule has 1 saturated heterocycles. The third kappa shape index (κ3) is 3.10. The number of hydrogen-bond acceptors (Lipinski definition) is 5. The summed E-state index contributed by atoms with van der Waals surface area (Å²) in [6.07, 6.45) is 1.26. The number of rotatable bonds is 4. The lowest BCUT2D eigenvalue weighted by Crippen LogP contribution is -2.34. The van der Waals surface area contributed by atoms with Crippen LogP contribution in [0.2, 0.25) is 0 Å². The second kappa shape index (κ2) is 5.52. The van der Waals surface area contributed by atoms with E-state index in [1.165, 1.54) is 0 Å². The first kappa shape index (κ1) is 13.1. The SMILES string of the molecule is Cc1cc(OC(C)C)nc(N(C)C2CCNC2)n1. The molecule has 0 bridgehead atoms. The minimum atomic E-state index is 0.130. The lowest BCUT2D eigenvalue weighted by molar-refractivity contribution is 0.232. The van der Waals surface area contributed by atoms with Crippen LogP contribution in [0.5, 0.6) is 5.88 Å². The Hall–Kier alpha value is -1.36. The van der Waals surface area contributed by atoms with Crippen molar-refractivity contribution < 1.29 is 4.74 Å². The molecule has 0 aromatic carbocycles. The molecule has 0 amide bonds. The fraction of sp³-hybridized carbons (Fsp3) is 0.692. The Morgan fingerprint density at radius 2 is 2.22 bits per heavy atom. The first-order valence-corrected chi connectivity index (χ1v) is 6.52.